The van der Waals surface area contributed by atoms with Gasteiger partial charge >= 0.3 is 0 Å². The number of aliphatic hydroxyl groups is 1. The molecule has 0 saturated heterocycles. The van der Waals surface area contributed by atoms with E-state index in [9.17, 15) is 8.42 Å². The Morgan fingerprint density at radius 1 is 1.44 bits per heavy atom. The van der Waals surface area contributed by atoms with Crippen LogP contribution in [0.25, 0.3) is 0 Å². The lowest BCUT2D eigenvalue weighted by Crippen LogP contribution is -2.35. The Morgan fingerprint density at radius 2 is 2.11 bits per heavy atom. The summed E-state index contributed by atoms with van der Waals surface area (Å²) in [5, 5.41) is 8.87. The summed E-state index contributed by atoms with van der Waals surface area (Å²) >= 11 is 0. The van der Waals surface area contributed by atoms with Gasteiger partial charge in [0.15, 0.2) is 0 Å². The number of benzene rings is 1. The average Bonchev–Trinajstić information content (AvgIpc) is 2.31. The fourth-order valence-electron chi connectivity index (χ4n) is 1.48. The fourth-order valence-corrected chi connectivity index (χ4v) is 2.80. The molecule has 6 heteroatoms. The fraction of sp³-hybridized carbons (Fsp3) is 0.500. The summed E-state index contributed by atoms with van der Waals surface area (Å²) in [7, 11) is -3.59. The van der Waals surface area contributed by atoms with Gasteiger partial charge in [-0.15, -0.1) is 0 Å². The van der Waals surface area contributed by atoms with Crippen molar-refractivity contribution in [1.82, 2.24) is 4.72 Å². The third kappa shape index (κ3) is 3.69. The Hall–Kier alpha value is -1.11. The minimum atomic E-state index is -3.59. The number of aliphatic hydroxyl groups excluding tert-OH is 1. The van der Waals surface area contributed by atoms with E-state index in [1.165, 1.54) is 6.07 Å². The first-order valence-electron chi connectivity index (χ1n) is 5.77. The van der Waals surface area contributed by atoms with Gasteiger partial charge in [0.2, 0.25) is 10.0 Å². The van der Waals surface area contributed by atoms with Crippen LogP contribution in [0.2, 0.25) is 0 Å². The molecule has 0 amide bonds. The van der Waals surface area contributed by atoms with Crippen molar-refractivity contribution in [2.45, 2.75) is 31.7 Å². The maximum absolute atomic E-state index is 12.0. The quantitative estimate of drug-likeness (QED) is 0.812. The van der Waals surface area contributed by atoms with Crippen molar-refractivity contribution in [3.8, 4) is 5.75 Å². The highest BCUT2D eigenvalue weighted by molar-refractivity contribution is 7.89. The zero-order valence-electron chi connectivity index (χ0n) is 10.8. The largest absolute Gasteiger partial charge is 0.494 e. The third-order valence-electron chi connectivity index (χ3n) is 2.39. The van der Waals surface area contributed by atoms with Crippen LogP contribution in [-0.2, 0) is 10.0 Å². The van der Waals surface area contributed by atoms with Crippen LogP contribution in [0, 0.1) is 6.92 Å². The number of hydrogen-bond donors (Lipinski definition) is 2. The van der Waals surface area contributed by atoms with E-state index in [4.69, 9.17) is 9.84 Å². The molecule has 0 aliphatic rings. The van der Waals surface area contributed by atoms with Gasteiger partial charge in [0.05, 0.1) is 18.1 Å². The third-order valence-corrected chi connectivity index (χ3v) is 3.97. The van der Waals surface area contributed by atoms with Gasteiger partial charge < -0.3 is 9.84 Å². The summed E-state index contributed by atoms with van der Waals surface area (Å²) in [4.78, 5) is 0.170. The summed E-state index contributed by atoms with van der Waals surface area (Å²) in [5.41, 5.74) is 0.761. The van der Waals surface area contributed by atoms with Crippen molar-refractivity contribution in [1.29, 1.82) is 0 Å². The first-order valence-corrected chi connectivity index (χ1v) is 7.25. The number of hydrogen-bond acceptors (Lipinski definition) is 4. The molecule has 0 saturated carbocycles. The molecular formula is C12H19NO4S. The van der Waals surface area contributed by atoms with Crippen molar-refractivity contribution >= 4 is 10.0 Å². The first-order chi connectivity index (χ1) is 8.40. The molecule has 0 spiro atoms. The molecule has 0 aromatic heterocycles. The standard InChI is InChI=1S/C12H19NO4S/c1-4-17-12-6-5-11(7-9(12)2)18(15,16)13-10(3)8-14/h5-7,10,13-14H,4,8H2,1-3H3. The minimum Gasteiger partial charge on any atom is -0.494 e. The minimum absolute atomic E-state index is 0.170. The zero-order chi connectivity index (χ0) is 13.8. The highest BCUT2D eigenvalue weighted by Gasteiger charge is 2.17. The molecule has 0 radical (unpaired) electrons. The maximum Gasteiger partial charge on any atom is 0.240 e. The zero-order valence-corrected chi connectivity index (χ0v) is 11.6. The van der Waals surface area contributed by atoms with Gasteiger partial charge in [0, 0.05) is 6.04 Å². The average molecular weight is 273 g/mol. The topological polar surface area (TPSA) is 75.6 Å². The molecule has 1 aromatic carbocycles. The summed E-state index contributed by atoms with van der Waals surface area (Å²) in [5.74, 6) is 0.673. The summed E-state index contributed by atoms with van der Waals surface area (Å²) in [6, 6.07) is 4.17. The second-order valence-electron chi connectivity index (χ2n) is 4.07. The molecule has 18 heavy (non-hydrogen) atoms. The highest BCUT2D eigenvalue weighted by Crippen LogP contribution is 2.21. The van der Waals surface area contributed by atoms with Gasteiger partial charge in [0.25, 0.3) is 0 Å². The molecule has 0 fully saturated rings. The van der Waals surface area contributed by atoms with Gasteiger partial charge in [-0.1, -0.05) is 0 Å². The maximum atomic E-state index is 12.0. The number of aryl methyl sites for hydroxylation is 1. The Labute approximate surface area is 108 Å². The predicted molar refractivity (Wildman–Crippen MR) is 69.2 cm³/mol. The molecule has 1 rings (SSSR count). The molecule has 5 nitrogen and oxygen atoms in total. The second kappa shape index (κ2) is 6.17. The molecular weight excluding hydrogens is 254 g/mol. The van der Waals surface area contributed by atoms with E-state index in [1.807, 2.05) is 6.92 Å². The van der Waals surface area contributed by atoms with E-state index in [2.05, 4.69) is 4.72 Å². The molecule has 0 aliphatic carbocycles. The van der Waals surface area contributed by atoms with E-state index >= 15 is 0 Å². The number of sulfonamides is 1. The van der Waals surface area contributed by atoms with Crippen LogP contribution in [0.15, 0.2) is 23.1 Å². The Bertz CT molecular complexity index is 499. The van der Waals surface area contributed by atoms with Crippen molar-refractivity contribution < 1.29 is 18.3 Å². The Balaban J connectivity index is 3.00. The van der Waals surface area contributed by atoms with Crippen LogP contribution < -0.4 is 9.46 Å². The Morgan fingerprint density at radius 3 is 2.61 bits per heavy atom. The van der Waals surface area contributed by atoms with Crippen LogP contribution in [-0.4, -0.2) is 32.8 Å². The SMILES string of the molecule is CCOc1ccc(S(=O)(=O)NC(C)CO)cc1C. The molecule has 0 aliphatic heterocycles. The summed E-state index contributed by atoms with van der Waals surface area (Å²) < 4.78 is 31.7. The van der Waals surface area contributed by atoms with Crippen LogP contribution in [0.1, 0.15) is 19.4 Å². The van der Waals surface area contributed by atoms with Gasteiger partial charge in [-0.25, -0.2) is 13.1 Å². The monoisotopic (exact) mass is 273 g/mol. The van der Waals surface area contributed by atoms with Crippen LogP contribution >= 0.6 is 0 Å². The van der Waals surface area contributed by atoms with Crippen LogP contribution in [0.3, 0.4) is 0 Å². The van der Waals surface area contributed by atoms with Crippen LogP contribution in [0.5, 0.6) is 5.75 Å². The van der Waals surface area contributed by atoms with Gasteiger partial charge in [-0.3, -0.25) is 0 Å². The van der Waals surface area contributed by atoms with Gasteiger partial charge in [-0.05, 0) is 44.5 Å². The molecule has 1 unspecified atom stereocenters. The van der Waals surface area contributed by atoms with E-state index in [-0.39, 0.29) is 11.5 Å². The predicted octanol–water partition coefficient (Wildman–Crippen LogP) is 1.05. The van der Waals surface area contributed by atoms with Crippen molar-refractivity contribution in [2.24, 2.45) is 0 Å². The van der Waals surface area contributed by atoms with E-state index < -0.39 is 16.1 Å². The van der Waals surface area contributed by atoms with E-state index in [0.717, 1.165) is 5.56 Å². The van der Waals surface area contributed by atoms with Crippen molar-refractivity contribution in [3.63, 3.8) is 0 Å². The first kappa shape index (κ1) is 14.9. The molecule has 0 bridgehead atoms. The van der Waals surface area contributed by atoms with Crippen LogP contribution in [0.4, 0.5) is 0 Å². The lowest BCUT2D eigenvalue weighted by molar-refractivity contribution is 0.265. The van der Waals surface area contributed by atoms with E-state index in [1.54, 1.807) is 26.0 Å². The van der Waals surface area contributed by atoms with Gasteiger partial charge in [0.1, 0.15) is 5.75 Å². The molecule has 1 atom stereocenters. The number of nitrogens with one attached hydrogen (secondary N) is 1. The molecule has 1 aromatic rings. The smallest absolute Gasteiger partial charge is 0.240 e. The molecule has 0 heterocycles. The Kier molecular flexibility index (Phi) is 5.13. The number of ether oxygens (including phenoxy) is 1. The summed E-state index contributed by atoms with van der Waals surface area (Å²) in [6.07, 6.45) is 0. The van der Waals surface area contributed by atoms with E-state index in [0.29, 0.717) is 12.4 Å². The molecule has 2 N–H and O–H groups in total. The lowest BCUT2D eigenvalue weighted by Gasteiger charge is -2.13. The van der Waals surface area contributed by atoms with Crippen molar-refractivity contribution in [3.05, 3.63) is 23.8 Å². The van der Waals surface area contributed by atoms with Crippen molar-refractivity contribution in [2.75, 3.05) is 13.2 Å². The lowest BCUT2D eigenvalue weighted by atomic mass is 10.2. The van der Waals surface area contributed by atoms with Gasteiger partial charge in [-0.2, -0.15) is 0 Å². The number of rotatable bonds is 6. The normalized spacial score (nSPS) is 13.3. The second-order valence-corrected chi connectivity index (χ2v) is 5.78. The highest BCUT2D eigenvalue weighted by atomic mass is 32.2. The molecule has 102 valence electrons. The summed E-state index contributed by atoms with van der Waals surface area (Å²) in [6.45, 7) is 5.55.